The van der Waals surface area contributed by atoms with Crippen LogP contribution in [0.3, 0.4) is 0 Å². The summed E-state index contributed by atoms with van der Waals surface area (Å²) in [5.74, 6) is -1.29. The third-order valence-corrected chi connectivity index (χ3v) is 18.0. The number of phosphoric acid groups is 2. The second-order valence-electron chi connectivity index (χ2n) is 24.8. The Morgan fingerprint density at radius 3 is 0.816 bits per heavy atom. The molecular weight excluding hydrogens is 1150 g/mol. The van der Waals surface area contributed by atoms with Gasteiger partial charge in [-0.25, -0.2) is 9.13 Å². The molecular formula is C68H132O17P2. The van der Waals surface area contributed by atoms with E-state index in [0.29, 0.717) is 25.7 Å². The Labute approximate surface area is 530 Å². The van der Waals surface area contributed by atoms with E-state index in [9.17, 15) is 43.2 Å². The van der Waals surface area contributed by atoms with Crippen molar-refractivity contribution in [3.63, 3.8) is 0 Å². The second-order valence-corrected chi connectivity index (χ2v) is 27.7. The van der Waals surface area contributed by atoms with Crippen molar-refractivity contribution in [1.82, 2.24) is 0 Å². The minimum atomic E-state index is -4.95. The maximum absolute atomic E-state index is 13.0. The minimum Gasteiger partial charge on any atom is -0.462 e. The lowest BCUT2D eigenvalue weighted by molar-refractivity contribution is -0.161. The normalized spacial score (nSPS) is 14.4. The summed E-state index contributed by atoms with van der Waals surface area (Å²) >= 11 is 0. The van der Waals surface area contributed by atoms with E-state index in [4.69, 9.17) is 37.0 Å². The van der Waals surface area contributed by atoms with Gasteiger partial charge in [0.15, 0.2) is 12.2 Å². The highest BCUT2D eigenvalue weighted by molar-refractivity contribution is 7.47. The molecule has 0 fully saturated rings. The lowest BCUT2D eigenvalue weighted by Gasteiger charge is -2.21. The van der Waals surface area contributed by atoms with Gasteiger partial charge in [-0.15, -0.1) is 0 Å². The fourth-order valence-electron chi connectivity index (χ4n) is 10.3. The van der Waals surface area contributed by atoms with Crippen LogP contribution in [0.15, 0.2) is 0 Å². The van der Waals surface area contributed by atoms with E-state index in [1.165, 1.54) is 154 Å². The zero-order chi connectivity index (χ0) is 64.2. The molecule has 0 amide bonds. The second kappa shape index (κ2) is 61.6. The van der Waals surface area contributed by atoms with Crippen molar-refractivity contribution < 1.29 is 80.2 Å². The molecule has 0 saturated carbocycles. The van der Waals surface area contributed by atoms with Gasteiger partial charge in [-0.2, -0.15) is 0 Å². The van der Waals surface area contributed by atoms with Crippen LogP contribution in [-0.4, -0.2) is 96.7 Å². The molecule has 0 aromatic carbocycles. The zero-order valence-corrected chi connectivity index (χ0v) is 57.9. The average molecular weight is 1280 g/mol. The Morgan fingerprint density at radius 2 is 0.552 bits per heavy atom. The summed E-state index contributed by atoms with van der Waals surface area (Å²) in [5, 5.41) is 10.5. The van der Waals surface area contributed by atoms with Crippen molar-refractivity contribution in [1.29, 1.82) is 0 Å². The molecule has 0 aromatic rings. The van der Waals surface area contributed by atoms with Gasteiger partial charge in [0.2, 0.25) is 0 Å². The van der Waals surface area contributed by atoms with E-state index in [1.807, 2.05) is 0 Å². The first kappa shape index (κ1) is 85.1. The molecule has 6 atom stereocenters. The molecule has 0 saturated heterocycles. The molecule has 516 valence electrons. The monoisotopic (exact) mass is 1280 g/mol. The Morgan fingerprint density at radius 1 is 0.322 bits per heavy atom. The Bertz CT molecular complexity index is 1690. The third-order valence-electron chi connectivity index (χ3n) is 16.1. The highest BCUT2D eigenvalue weighted by Crippen LogP contribution is 2.45. The number of ether oxygens (including phenoxy) is 4. The summed E-state index contributed by atoms with van der Waals surface area (Å²) in [6.07, 6.45) is 47.3. The Hall–Kier alpha value is -1.94. The van der Waals surface area contributed by atoms with Gasteiger partial charge in [0, 0.05) is 25.7 Å². The van der Waals surface area contributed by atoms with Crippen LogP contribution in [0.25, 0.3) is 0 Å². The van der Waals surface area contributed by atoms with Crippen molar-refractivity contribution in [2.24, 2.45) is 5.92 Å². The number of phosphoric ester groups is 2. The van der Waals surface area contributed by atoms with Crippen LogP contribution in [-0.2, 0) is 65.4 Å². The molecule has 87 heavy (non-hydrogen) atoms. The highest BCUT2D eigenvalue weighted by atomic mass is 31.2. The van der Waals surface area contributed by atoms with Gasteiger partial charge in [0.25, 0.3) is 0 Å². The molecule has 0 radical (unpaired) electrons. The first-order chi connectivity index (χ1) is 42.1. The van der Waals surface area contributed by atoms with Crippen LogP contribution in [0.5, 0.6) is 0 Å². The number of hydrogen-bond donors (Lipinski definition) is 3. The van der Waals surface area contributed by atoms with Crippen molar-refractivity contribution >= 4 is 39.5 Å². The summed E-state index contributed by atoms with van der Waals surface area (Å²) in [5.41, 5.74) is 0. The number of carbonyl (C=O) groups excluding carboxylic acids is 4. The molecule has 0 bridgehead atoms. The molecule has 0 spiro atoms. The van der Waals surface area contributed by atoms with Gasteiger partial charge < -0.3 is 33.8 Å². The van der Waals surface area contributed by atoms with Crippen molar-refractivity contribution in [3.8, 4) is 0 Å². The summed E-state index contributed by atoms with van der Waals surface area (Å²) in [6, 6.07) is 0. The molecule has 0 aliphatic rings. The first-order valence-corrected chi connectivity index (χ1v) is 38.7. The first-order valence-electron chi connectivity index (χ1n) is 35.7. The fourth-order valence-corrected chi connectivity index (χ4v) is 11.8. The molecule has 0 rings (SSSR count). The minimum absolute atomic E-state index is 0.105. The lowest BCUT2D eigenvalue weighted by Crippen LogP contribution is -2.30. The van der Waals surface area contributed by atoms with Crippen LogP contribution < -0.4 is 0 Å². The largest absolute Gasteiger partial charge is 0.472 e. The van der Waals surface area contributed by atoms with Gasteiger partial charge in [0.1, 0.15) is 19.3 Å². The summed E-state index contributed by atoms with van der Waals surface area (Å²) in [7, 11) is -9.88. The van der Waals surface area contributed by atoms with Gasteiger partial charge in [-0.05, 0) is 31.6 Å². The van der Waals surface area contributed by atoms with E-state index in [-0.39, 0.29) is 25.7 Å². The number of rotatable bonds is 68. The maximum Gasteiger partial charge on any atom is 0.472 e. The number of carbonyl (C=O) groups is 4. The molecule has 17 nitrogen and oxygen atoms in total. The average Bonchev–Trinajstić information content (AvgIpc) is 3.65. The van der Waals surface area contributed by atoms with Crippen LogP contribution >= 0.6 is 15.6 Å². The summed E-state index contributed by atoms with van der Waals surface area (Å²) < 4.78 is 68.0. The molecule has 0 aliphatic carbocycles. The van der Waals surface area contributed by atoms with Crippen LogP contribution in [0.4, 0.5) is 0 Å². The number of esters is 4. The number of hydrogen-bond acceptors (Lipinski definition) is 15. The third kappa shape index (κ3) is 61.3. The van der Waals surface area contributed by atoms with E-state index >= 15 is 0 Å². The van der Waals surface area contributed by atoms with Crippen molar-refractivity contribution in [2.75, 3.05) is 39.6 Å². The van der Waals surface area contributed by atoms with Crippen LogP contribution in [0.2, 0.25) is 0 Å². The smallest absolute Gasteiger partial charge is 0.462 e. The van der Waals surface area contributed by atoms with E-state index in [0.717, 1.165) is 115 Å². The van der Waals surface area contributed by atoms with Gasteiger partial charge >= 0.3 is 39.5 Å². The lowest BCUT2D eigenvalue weighted by atomic mass is 9.99. The van der Waals surface area contributed by atoms with Gasteiger partial charge in [-0.1, -0.05) is 298 Å². The standard InChI is InChI=1S/C68H132O17P2/c1-6-10-13-16-19-21-22-23-27-30-33-38-42-47-52-66(71)79-58-64(85-68(73)54-49-44-39-34-31-28-25-24-26-29-32-36-40-45-50-61(5)9-4)60-83-87(76,77)81-56-62(69)55-80-86(74,75)82-59-63(57-78-65(70)51-46-41-35-18-15-12-8-3)84-67(72)53-48-43-37-20-17-14-11-7-2/h61-64,69H,6-60H2,1-5H3,(H,74,75)(H,76,77)/t61?,62-,63+,64+/m0/s1. The molecule has 0 aromatic heterocycles. The number of aliphatic hydroxyl groups is 1. The zero-order valence-electron chi connectivity index (χ0n) is 56.2. The number of unbranched alkanes of at least 4 members (excludes halogenated alkanes) is 39. The quantitative estimate of drug-likeness (QED) is 0.0222. The van der Waals surface area contributed by atoms with Crippen molar-refractivity contribution in [3.05, 3.63) is 0 Å². The molecule has 0 aliphatic heterocycles. The Kier molecular flexibility index (Phi) is 60.2. The maximum atomic E-state index is 13.0. The topological polar surface area (TPSA) is 237 Å². The van der Waals surface area contributed by atoms with Gasteiger partial charge in [0.05, 0.1) is 26.4 Å². The highest BCUT2D eigenvalue weighted by Gasteiger charge is 2.30. The molecule has 3 unspecified atom stereocenters. The van der Waals surface area contributed by atoms with E-state index in [2.05, 4.69) is 34.6 Å². The molecule has 19 heteroatoms. The van der Waals surface area contributed by atoms with Crippen LogP contribution in [0.1, 0.15) is 349 Å². The SMILES string of the molecule is CCCCCCCCCCCCCCCCC(=O)OC[C@H](COP(=O)(O)OC[C@@H](O)COP(=O)(O)OC[C@@H](COC(=O)CCCCCCCCC)OC(=O)CCCCCCCCCC)OC(=O)CCCCCCCCCCCCCCCCC(C)CC. The summed E-state index contributed by atoms with van der Waals surface area (Å²) in [4.78, 5) is 72.2. The van der Waals surface area contributed by atoms with Crippen LogP contribution in [0, 0.1) is 5.92 Å². The predicted molar refractivity (Wildman–Crippen MR) is 349 cm³/mol. The summed E-state index contributed by atoms with van der Waals surface area (Å²) in [6.45, 7) is 7.22. The Balaban J connectivity index is 5.17. The fraction of sp³-hybridized carbons (Fsp3) is 0.941. The molecule has 3 N–H and O–H groups in total. The van der Waals surface area contributed by atoms with Crippen molar-refractivity contribution in [2.45, 2.75) is 368 Å². The number of aliphatic hydroxyl groups excluding tert-OH is 1. The predicted octanol–water partition coefficient (Wildman–Crippen LogP) is 19.4. The van der Waals surface area contributed by atoms with E-state index < -0.39 is 97.5 Å². The molecule has 0 heterocycles. The van der Waals surface area contributed by atoms with E-state index in [1.54, 1.807) is 0 Å². The van der Waals surface area contributed by atoms with Gasteiger partial charge in [-0.3, -0.25) is 37.3 Å².